The molecule has 106 valence electrons. The van der Waals surface area contributed by atoms with Crippen molar-refractivity contribution in [2.24, 2.45) is 5.92 Å². The van der Waals surface area contributed by atoms with Crippen LogP contribution in [0.5, 0.6) is 0 Å². The Morgan fingerprint density at radius 3 is 2.47 bits per heavy atom. The van der Waals surface area contributed by atoms with E-state index in [0.29, 0.717) is 0 Å². The molecule has 1 aromatic rings. The predicted octanol–water partition coefficient (Wildman–Crippen LogP) is 4.52. The fourth-order valence-electron chi connectivity index (χ4n) is 2.34. The van der Waals surface area contributed by atoms with Crippen molar-refractivity contribution >= 4 is 21.6 Å². The monoisotopic (exact) mass is 325 g/mol. The topological polar surface area (TPSA) is 23.5 Å². The van der Waals surface area contributed by atoms with Gasteiger partial charge in [-0.25, -0.2) is 0 Å². The average Bonchev–Trinajstić information content (AvgIpc) is 3.13. The van der Waals surface area contributed by atoms with E-state index in [-0.39, 0.29) is 0 Å². The molecule has 0 spiro atoms. The summed E-state index contributed by atoms with van der Waals surface area (Å²) in [6, 6.07) is 7.06. The molecule has 1 fully saturated rings. The van der Waals surface area contributed by atoms with E-state index in [1.807, 2.05) is 6.07 Å². The quantitative estimate of drug-likeness (QED) is 0.831. The van der Waals surface area contributed by atoms with Crippen molar-refractivity contribution in [3.05, 3.63) is 28.2 Å². The van der Waals surface area contributed by atoms with Crippen LogP contribution in [0.25, 0.3) is 0 Å². The van der Waals surface area contributed by atoms with Gasteiger partial charge in [-0.15, -0.1) is 0 Å². The Kier molecular flexibility index (Phi) is 4.91. The van der Waals surface area contributed by atoms with Crippen molar-refractivity contribution < 1.29 is 5.11 Å². The standard InChI is InChI=1S/C16H24BrNO/c1-11(2)8-9-18(13-4-5-13)14-6-7-15(12(3)19)16(17)10-14/h6-7,10-13,19H,4-5,8-9H2,1-3H3. The first kappa shape index (κ1) is 14.9. The summed E-state index contributed by atoms with van der Waals surface area (Å²) in [4.78, 5) is 2.52. The highest BCUT2D eigenvalue weighted by atomic mass is 79.9. The third-order valence-corrected chi connectivity index (χ3v) is 4.39. The number of hydrogen-bond donors (Lipinski definition) is 1. The number of anilines is 1. The normalized spacial score (nSPS) is 16.7. The lowest BCUT2D eigenvalue weighted by Gasteiger charge is -2.26. The van der Waals surface area contributed by atoms with E-state index in [1.54, 1.807) is 6.92 Å². The van der Waals surface area contributed by atoms with Crippen LogP contribution in [0.2, 0.25) is 0 Å². The highest BCUT2D eigenvalue weighted by Crippen LogP contribution is 2.35. The second kappa shape index (κ2) is 6.27. The molecule has 1 aromatic carbocycles. The van der Waals surface area contributed by atoms with E-state index >= 15 is 0 Å². The van der Waals surface area contributed by atoms with Crippen molar-refractivity contribution in [3.8, 4) is 0 Å². The molecule has 0 amide bonds. The van der Waals surface area contributed by atoms with Crippen molar-refractivity contribution in [2.45, 2.75) is 52.2 Å². The van der Waals surface area contributed by atoms with Crippen LogP contribution in [-0.2, 0) is 0 Å². The molecule has 0 bridgehead atoms. The zero-order chi connectivity index (χ0) is 14.0. The highest BCUT2D eigenvalue weighted by molar-refractivity contribution is 9.10. The predicted molar refractivity (Wildman–Crippen MR) is 84.6 cm³/mol. The van der Waals surface area contributed by atoms with Gasteiger partial charge < -0.3 is 10.0 Å². The lowest BCUT2D eigenvalue weighted by Crippen LogP contribution is -2.27. The van der Waals surface area contributed by atoms with Crippen LogP contribution >= 0.6 is 15.9 Å². The molecule has 1 aliphatic carbocycles. The molecular weight excluding hydrogens is 302 g/mol. The molecule has 2 nitrogen and oxygen atoms in total. The van der Waals surface area contributed by atoms with Gasteiger partial charge in [0.25, 0.3) is 0 Å². The summed E-state index contributed by atoms with van der Waals surface area (Å²) in [5, 5.41) is 9.69. The van der Waals surface area contributed by atoms with Crippen LogP contribution in [-0.4, -0.2) is 17.7 Å². The molecule has 1 atom stereocenters. The van der Waals surface area contributed by atoms with Crippen molar-refractivity contribution in [3.63, 3.8) is 0 Å². The average molecular weight is 326 g/mol. The van der Waals surface area contributed by atoms with Crippen molar-refractivity contribution in [1.29, 1.82) is 0 Å². The number of benzene rings is 1. The van der Waals surface area contributed by atoms with Gasteiger partial charge in [0.1, 0.15) is 0 Å². The Labute approximate surface area is 124 Å². The van der Waals surface area contributed by atoms with Gasteiger partial charge in [-0.2, -0.15) is 0 Å². The first-order valence-corrected chi connectivity index (χ1v) is 8.02. The van der Waals surface area contributed by atoms with E-state index in [1.165, 1.54) is 24.9 Å². The molecule has 19 heavy (non-hydrogen) atoms. The van der Waals surface area contributed by atoms with Gasteiger partial charge >= 0.3 is 0 Å². The van der Waals surface area contributed by atoms with E-state index in [2.05, 4.69) is 46.8 Å². The molecule has 1 aliphatic rings. The summed E-state index contributed by atoms with van der Waals surface area (Å²) in [5.41, 5.74) is 2.24. The van der Waals surface area contributed by atoms with Crippen molar-refractivity contribution in [2.75, 3.05) is 11.4 Å². The van der Waals surface area contributed by atoms with E-state index < -0.39 is 6.10 Å². The van der Waals surface area contributed by atoms with E-state index in [4.69, 9.17) is 0 Å². The lowest BCUT2D eigenvalue weighted by atomic mass is 10.1. The molecule has 2 rings (SSSR count). The highest BCUT2D eigenvalue weighted by Gasteiger charge is 2.29. The molecule has 1 N–H and O–H groups in total. The largest absolute Gasteiger partial charge is 0.389 e. The van der Waals surface area contributed by atoms with Crippen LogP contribution in [0.3, 0.4) is 0 Å². The van der Waals surface area contributed by atoms with Gasteiger partial charge in [0, 0.05) is 22.7 Å². The number of halogens is 1. The Hall–Kier alpha value is -0.540. The summed E-state index contributed by atoms with van der Waals surface area (Å²) in [6.45, 7) is 7.48. The van der Waals surface area contributed by atoms with Crippen LogP contribution in [0.15, 0.2) is 22.7 Å². The first-order valence-electron chi connectivity index (χ1n) is 7.23. The summed E-state index contributed by atoms with van der Waals surface area (Å²) in [7, 11) is 0. The minimum Gasteiger partial charge on any atom is -0.389 e. The van der Waals surface area contributed by atoms with Gasteiger partial charge in [0.2, 0.25) is 0 Å². The zero-order valence-electron chi connectivity index (χ0n) is 12.1. The molecule has 0 saturated heterocycles. The minimum atomic E-state index is -0.423. The number of hydrogen-bond acceptors (Lipinski definition) is 2. The maximum atomic E-state index is 9.69. The van der Waals surface area contributed by atoms with Gasteiger partial charge in [-0.1, -0.05) is 35.8 Å². The Balaban J connectivity index is 2.15. The van der Waals surface area contributed by atoms with Crippen LogP contribution in [0, 0.1) is 5.92 Å². The van der Waals surface area contributed by atoms with Crippen LogP contribution in [0.4, 0.5) is 5.69 Å². The Bertz CT molecular complexity index is 427. The fourth-order valence-corrected chi connectivity index (χ4v) is 3.04. The minimum absolute atomic E-state index is 0.423. The first-order chi connectivity index (χ1) is 8.99. The fraction of sp³-hybridized carbons (Fsp3) is 0.625. The molecular formula is C16H24BrNO. The maximum Gasteiger partial charge on any atom is 0.0772 e. The summed E-state index contributed by atoms with van der Waals surface area (Å²) in [5.74, 6) is 0.737. The lowest BCUT2D eigenvalue weighted by molar-refractivity contribution is 0.198. The van der Waals surface area contributed by atoms with Crippen molar-refractivity contribution in [1.82, 2.24) is 0 Å². The molecule has 3 heteroatoms. The van der Waals surface area contributed by atoms with Gasteiger partial charge in [-0.05, 0) is 49.8 Å². The van der Waals surface area contributed by atoms with Crippen LogP contribution in [0.1, 0.15) is 51.7 Å². The number of aliphatic hydroxyl groups is 1. The number of aliphatic hydroxyl groups excluding tert-OH is 1. The third kappa shape index (κ3) is 3.96. The smallest absolute Gasteiger partial charge is 0.0772 e. The molecule has 0 heterocycles. The molecule has 1 unspecified atom stereocenters. The van der Waals surface area contributed by atoms with E-state index in [9.17, 15) is 5.11 Å². The Morgan fingerprint density at radius 2 is 2.00 bits per heavy atom. The van der Waals surface area contributed by atoms with Gasteiger partial charge in [0.05, 0.1) is 6.10 Å². The van der Waals surface area contributed by atoms with Gasteiger partial charge in [-0.3, -0.25) is 0 Å². The molecule has 0 aliphatic heterocycles. The summed E-state index contributed by atoms with van der Waals surface area (Å²) < 4.78 is 1.01. The van der Waals surface area contributed by atoms with Gasteiger partial charge in [0.15, 0.2) is 0 Å². The zero-order valence-corrected chi connectivity index (χ0v) is 13.7. The molecule has 0 radical (unpaired) electrons. The number of nitrogens with zero attached hydrogens (tertiary/aromatic N) is 1. The summed E-state index contributed by atoms with van der Waals surface area (Å²) >= 11 is 3.58. The SMILES string of the molecule is CC(C)CCN(c1ccc(C(C)O)c(Br)c1)C1CC1. The number of rotatable bonds is 6. The summed E-state index contributed by atoms with van der Waals surface area (Å²) in [6.07, 6.45) is 3.43. The molecule has 1 saturated carbocycles. The molecule has 0 aromatic heterocycles. The maximum absolute atomic E-state index is 9.69. The van der Waals surface area contributed by atoms with Crippen LogP contribution < -0.4 is 4.90 Å². The second-order valence-electron chi connectivity index (χ2n) is 5.99. The van der Waals surface area contributed by atoms with E-state index in [0.717, 1.165) is 28.5 Å². The second-order valence-corrected chi connectivity index (χ2v) is 6.84. The Morgan fingerprint density at radius 1 is 1.32 bits per heavy atom. The third-order valence-electron chi connectivity index (χ3n) is 3.70.